The Hall–Kier alpha value is -3.00. The van der Waals surface area contributed by atoms with E-state index in [1.807, 2.05) is 11.8 Å². The molecule has 0 aliphatic carbocycles. The first-order valence-electron chi connectivity index (χ1n) is 10.2. The average molecular weight is 433 g/mol. The van der Waals surface area contributed by atoms with Gasteiger partial charge in [-0.25, -0.2) is 0 Å². The van der Waals surface area contributed by atoms with Gasteiger partial charge in [-0.3, -0.25) is 9.69 Å². The van der Waals surface area contributed by atoms with Crippen molar-refractivity contribution in [1.82, 2.24) is 4.90 Å². The summed E-state index contributed by atoms with van der Waals surface area (Å²) < 4.78 is 52.1. The molecule has 0 amide bonds. The van der Waals surface area contributed by atoms with Gasteiger partial charge in [0.05, 0.1) is 10.9 Å². The van der Waals surface area contributed by atoms with Gasteiger partial charge < -0.3 is 14.3 Å². The molecular formula is C23H22F3NO4. The van der Waals surface area contributed by atoms with Crippen molar-refractivity contribution in [3.8, 4) is 17.2 Å². The molecule has 4 rings (SSSR count). The van der Waals surface area contributed by atoms with Crippen LogP contribution in [0, 0.1) is 0 Å². The highest BCUT2D eigenvalue weighted by atomic mass is 19.4. The predicted molar refractivity (Wildman–Crippen MR) is 110 cm³/mol. The molecule has 1 aromatic heterocycles. The lowest BCUT2D eigenvalue weighted by Gasteiger charge is -2.18. The fourth-order valence-electron chi connectivity index (χ4n) is 3.79. The molecule has 0 bridgehead atoms. The molecule has 0 atom stereocenters. The number of fused-ring (bicyclic) bond motifs is 1. The Morgan fingerprint density at radius 2 is 1.77 bits per heavy atom. The minimum atomic E-state index is -4.96. The number of hydrogen-bond acceptors (Lipinski definition) is 5. The van der Waals surface area contributed by atoms with Crippen LogP contribution in [0.15, 0.2) is 45.6 Å². The van der Waals surface area contributed by atoms with E-state index in [1.54, 1.807) is 12.1 Å². The van der Waals surface area contributed by atoms with E-state index in [9.17, 15) is 23.1 Å². The summed E-state index contributed by atoms with van der Waals surface area (Å²) in [6, 6.07) is 9.03. The number of aromatic hydroxyl groups is 1. The molecule has 1 N–H and O–H groups in total. The van der Waals surface area contributed by atoms with E-state index in [0.717, 1.165) is 37.9 Å². The van der Waals surface area contributed by atoms with E-state index >= 15 is 0 Å². The molecule has 0 radical (unpaired) electrons. The van der Waals surface area contributed by atoms with Crippen LogP contribution < -0.4 is 10.2 Å². The number of hydrogen-bond donors (Lipinski definition) is 1. The minimum absolute atomic E-state index is 0.0693. The molecule has 0 unspecified atom stereocenters. The van der Waals surface area contributed by atoms with Crippen LogP contribution in [-0.2, 0) is 19.1 Å². The van der Waals surface area contributed by atoms with Gasteiger partial charge in [0.2, 0.25) is 11.2 Å². The summed E-state index contributed by atoms with van der Waals surface area (Å²) in [6.07, 6.45) is -2.26. The number of alkyl halides is 3. The Kier molecular flexibility index (Phi) is 5.66. The maximum Gasteiger partial charge on any atom is 0.453 e. The summed E-state index contributed by atoms with van der Waals surface area (Å²) >= 11 is 0. The predicted octanol–water partition coefficient (Wildman–Crippen LogP) is 5.47. The highest BCUT2D eigenvalue weighted by Crippen LogP contribution is 2.40. The average Bonchev–Trinajstić information content (AvgIpc) is 3.25. The molecule has 1 aliphatic heterocycles. The maximum atomic E-state index is 13.8. The Balaban J connectivity index is 1.86. The van der Waals surface area contributed by atoms with Gasteiger partial charge in [-0.15, -0.1) is 0 Å². The Morgan fingerprint density at radius 3 is 2.39 bits per heavy atom. The summed E-state index contributed by atoms with van der Waals surface area (Å²) in [5.74, 6) is -2.54. The van der Waals surface area contributed by atoms with E-state index in [-0.39, 0.29) is 34.6 Å². The Labute approximate surface area is 176 Å². The van der Waals surface area contributed by atoms with E-state index in [0.29, 0.717) is 0 Å². The minimum Gasteiger partial charge on any atom is -0.507 e. The third-order valence-corrected chi connectivity index (χ3v) is 5.49. The highest BCUT2D eigenvalue weighted by Gasteiger charge is 2.41. The normalized spacial score (nSPS) is 15.0. The van der Waals surface area contributed by atoms with Crippen molar-refractivity contribution in [2.45, 2.75) is 38.9 Å². The first kappa shape index (κ1) is 21.2. The lowest BCUT2D eigenvalue weighted by atomic mass is 10.1. The van der Waals surface area contributed by atoms with Crippen LogP contribution in [0.2, 0.25) is 0 Å². The van der Waals surface area contributed by atoms with Gasteiger partial charge in [0.1, 0.15) is 17.1 Å². The molecular weight excluding hydrogens is 411 g/mol. The quantitative estimate of drug-likeness (QED) is 0.578. The number of nitrogens with zero attached hydrogens (tertiary/aromatic N) is 1. The van der Waals surface area contributed by atoms with Crippen molar-refractivity contribution in [1.29, 1.82) is 0 Å². The van der Waals surface area contributed by atoms with E-state index < -0.39 is 23.1 Å². The van der Waals surface area contributed by atoms with Gasteiger partial charge in [-0.05, 0) is 62.2 Å². The number of phenolic OH excluding ortho intramolecular Hbond substituents is 1. The number of benzene rings is 2. The third kappa shape index (κ3) is 4.25. The molecule has 164 valence electrons. The largest absolute Gasteiger partial charge is 0.507 e. The number of likely N-dealkylation sites (tertiary alicyclic amines) is 1. The summed E-state index contributed by atoms with van der Waals surface area (Å²) in [6.45, 7) is 3.68. The van der Waals surface area contributed by atoms with Crippen LogP contribution in [0.25, 0.3) is 11.0 Å². The molecule has 3 aromatic rings. The van der Waals surface area contributed by atoms with Crippen LogP contribution in [0.5, 0.6) is 17.2 Å². The molecule has 1 fully saturated rings. The third-order valence-electron chi connectivity index (χ3n) is 5.49. The number of rotatable bonds is 5. The lowest BCUT2D eigenvalue weighted by Crippen LogP contribution is -2.20. The molecule has 5 nitrogen and oxygen atoms in total. The van der Waals surface area contributed by atoms with Crippen molar-refractivity contribution in [3.05, 3.63) is 63.5 Å². The van der Waals surface area contributed by atoms with Crippen molar-refractivity contribution in [2.24, 2.45) is 0 Å². The van der Waals surface area contributed by atoms with E-state index in [2.05, 4.69) is 0 Å². The number of ether oxygens (including phenoxy) is 1. The molecule has 31 heavy (non-hydrogen) atoms. The Morgan fingerprint density at radius 1 is 1.10 bits per heavy atom. The monoisotopic (exact) mass is 433 g/mol. The van der Waals surface area contributed by atoms with E-state index in [1.165, 1.54) is 24.3 Å². The van der Waals surface area contributed by atoms with Gasteiger partial charge >= 0.3 is 6.18 Å². The smallest absolute Gasteiger partial charge is 0.453 e. The summed E-state index contributed by atoms with van der Waals surface area (Å²) in [7, 11) is 0. The molecule has 8 heteroatoms. The van der Waals surface area contributed by atoms with Crippen molar-refractivity contribution >= 4 is 11.0 Å². The maximum absolute atomic E-state index is 13.8. The van der Waals surface area contributed by atoms with Gasteiger partial charge in [0, 0.05) is 6.54 Å². The molecule has 1 aliphatic rings. The zero-order chi connectivity index (χ0) is 22.2. The Bertz CT molecular complexity index is 1150. The second-order valence-electron chi connectivity index (χ2n) is 7.61. The van der Waals surface area contributed by atoms with Crippen LogP contribution >= 0.6 is 0 Å². The SMILES string of the molecule is CCc1ccc(Oc2c(C(F)(F)F)oc3c(CN4CCCC4)c(O)ccc3c2=O)cc1. The second kappa shape index (κ2) is 8.26. The van der Waals surface area contributed by atoms with Gasteiger partial charge in [0.25, 0.3) is 5.76 Å². The van der Waals surface area contributed by atoms with Crippen molar-refractivity contribution in [3.63, 3.8) is 0 Å². The van der Waals surface area contributed by atoms with Crippen LogP contribution in [0.1, 0.15) is 36.7 Å². The fraction of sp³-hybridized carbons (Fsp3) is 0.348. The van der Waals surface area contributed by atoms with Gasteiger partial charge in [-0.1, -0.05) is 19.1 Å². The van der Waals surface area contributed by atoms with Crippen molar-refractivity contribution < 1.29 is 27.4 Å². The lowest BCUT2D eigenvalue weighted by molar-refractivity contribution is -0.154. The van der Waals surface area contributed by atoms with Crippen molar-refractivity contribution in [2.75, 3.05) is 13.1 Å². The van der Waals surface area contributed by atoms with Gasteiger partial charge in [0.15, 0.2) is 0 Å². The topological polar surface area (TPSA) is 62.9 Å². The van der Waals surface area contributed by atoms with E-state index in [4.69, 9.17) is 9.15 Å². The highest BCUT2D eigenvalue weighted by molar-refractivity contribution is 5.83. The van der Waals surface area contributed by atoms with Crippen LogP contribution in [0.4, 0.5) is 13.2 Å². The van der Waals surface area contributed by atoms with Crippen LogP contribution in [0.3, 0.4) is 0 Å². The molecule has 2 aromatic carbocycles. The standard InChI is InChI=1S/C23H22F3NO4/c1-2-14-5-7-15(8-6-14)30-21-19(29)16-9-10-18(28)17(13-27-11-3-4-12-27)20(16)31-22(21)23(24,25)26/h5-10,28H,2-4,11-13H2,1H3. The molecule has 0 spiro atoms. The number of phenols is 1. The zero-order valence-corrected chi connectivity index (χ0v) is 17.0. The fourth-order valence-corrected chi connectivity index (χ4v) is 3.79. The molecule has 1 saturated heterocycles. The summed E-state index contributed by atoms with van der Waals surface area (Å²) in [4.78, 5) is 15.0. The summed E-state index contributed by atoms with van der Waals surface area (Å²) in [5.41, 5.74) is -0.0504. The van der Waals surface area contributed by atoms with Crippen LogP contribution in [-0.4, -0.2) is 23.1 Å². The first-order valence-corrected chi connectivity index (χ1v) is 10.2. The zero-order valence-electron chi connectivity index (χ0n) is 17.0. The van der Waals surface area contributed by atoms with Gasteiger partial charge in [-0.2, -0.15) is 13.2 Å². The first-order chi connectivity index (χ1) is 14.8. The molecule has 0 saturated carbocycles. The number of halogens is 3. The summed E-state index contributed by atoms with van der Waals surface area (Å²) in [5, 5.41) is 10.2. The number of aryl methyl sites for hydroxylation is 1. The second-order valence-corrected chi connectivity index (χ2v) is 7.61. The molecule has 2 heterocycles.